The standard InChI is InChI=1S/C10H13F3N2O/c1-16-9-4-2-3-8(15-9)7(14)5-6-10(11,12)13/h2-4,7H,5-6,14H2,1H3/t7-/m1/s1. The molecule has 1 atom stereocenters. The van der Waals surface area contributed by atoms with Crippen molar-refractivity contribution in [3.63, 3.8) is 0 Å². The zero-order valence-electron chi connectivity index (χ0n) is 8.79. The van der Waals surface area contributed by atoms with Gasteiger partial charge in [0, 0.05) is 18.5 Å². The molecule has 2 N–H and O–H groups in total. The van der Waals surface area contributed by atoms with Crippen molar-refractivity contribution < 1.29 is 17.9 Å². The Balaban J connectivity index is 2.62. The summed E-state index contributed by atoms with van der Waals surface area (Å²) in [6.07, 6.45) is -5.27. The molecule has 0 bridgehead atoms. The molecule has 1 aromatic rings. The zero-order chi connectivity index (χ0) is 12.2. The van der Waals surface area contributed by atoms with Gasteiger partial charge in [-0.2, -0.15) is 13.2 Å². The molecule has 0 aliphatic carbocycles. The highest BCUT2D eigenvalue weighted by molar-refractivity contribution is 5.17. The maximum atomic E-state index is 12.0. The van der Waals surface area contributed by atoms with Crippen LogP contribution in [0.3, 0.4) is 0 Å². The predicted molar refractivity (Wildman–Crippen MR) is 53.0 cm³/mol. The molecule has 0 amide bonds. The molecule has 0 aromatic carbocycles. The highest BCUT2D eigenvalue weighted by atomic mass is 19.4. The lowest BCUT2D eigenvalue weighted by Gasteiger charge is -2.13. The quantitative estimate of drug-likeness (QED) is 0.870. The van der Waals surface area contributed by atoms with E-state index in [1.807, 2.05) is 0 Å². The molecule has 0 unspecified atom stereocenters. The van der Waals surface area contributed by atoms with Gasteiger partial charge >= 0.3 is 6.18 Å². The first-order valence-corrected chi connectivity index (χ1v) is 4.75. The van der Waals surface area contributed by atoms with Crippen LogP contribution in [-0.2, 0) is 0 Å². The fourth-order valence-electron chi connectivity index (χ4n) is 1.22. The predicted octanol–water partition coefficient (Wildman–Crippen LogP) is 2.43. The highest BCUT2D eigenvalue weighted by Crippen LogP contribution is 2.26. The Morgan fingerprint density at radius 1 is 1.44 bits per heavy atom. The molecule has 0 aliphatic heterocycles. The fraction of sp³-hybridized carbons (Fsp3) is 0.500. The van der Waals surface area contributed by atoms with Gasteiger partial charge in [-0.1, -0.05) is 6.07 Å². The van der Waals surface area contributed by atoms with Gasteiger partial charge in [-0.3, -0.25) is 0 Å². The Bertz CT molecular complexity index is 341. The van der Waals surface area contributed by atoms with E-state index in [0.717, 1.165) is 0 Å². The average molecular weight is 234 g/mol. The van der Waals surface area contributed by atoms with Crippen molar-refractivity contribution in [2.24, 2.45) is 5.73 Å². The van der Waals surface area contributed by atoms with Gasteiger partial charge in [-0.15, -0.1) is 0 Å². The van der Waals surface area contributed by atoms with Gasteiger partial charge in [0.15, 0.2) is 0 Å². The number of pyridine rings is 1. The number of nitrogens with two attached hydrogens (primary N) is 1. The number of rotatable bonds is 4. The second kappa shape index (κ2) is 5.16. The molecular weight excluding hydrogens is 221 g/mol. The first kappa shape index (κ1) is 12.8. The maximum absolute atomic E-state index is 12.0. The Kier molecular flexibility index (Phi) is 4.12. The van der Waals surface area contributed by atoms with Gasteiger partial charge in [0.1, 0.15) is 0 Å². The van der Waals surface area contributed by atoms with E-state index in [4.69, 9.17) is 10.5 Å². The zero-order valence-corrected chi connectivity index (χ0v) is 8.79. The molecule has 1 aromatic heterocycles. The van der Waals surface area contributed by atoms with E-state index < -0.39 is 18.6 Å². The second-order valence-corrected chi connectivity index (χ2v) is 3.37. The first-order valence-electron chi connectivity index (χ1n) is 4.75. The number of aromatic nitrogens is 1. The summed E-state index contributed by atoms with van der Waals surface area (Å²) < 4.78 is 40.8. The number of nitrogens with zero attached hydrogens (tertiary/aromatic N) is 1. The Hall–Kier alpha value is -1.30. The Morgan fingerprint density at radius 3 is 2.69 bits per heavy atom. The molecular formula is C10H13F3N2O. The maximum Gasteiger partial charge on any atom is 0.389 e. The molecule has 0 fully saturated rings. The van der Waals surface area contributed by atoms with E-state index in [9.17, 15) is 13.2 Å². The third-order valence-electron chi connectivity index (χ3n) is 2.07. The second-order valence-electron chi connectivity index (χ2n) is 3.37. The Morgan fingerprint density at radius 2 is 2.12 bits per heavy atom. The summed E-state index contributed by atoms with van der Waals surface area (Å²) >= 11 is 0. The summed E-state index contributed by atoms with van der Waals surface area (Å²) in [4.78, 5) is 3.98. The van der Waals surface area contributed by atoms with Crippen molar-refractivity contribution in [3.8, 4) is 5.88 Å². The molecule has 0 spiro atoms. The normalized spacial score (nSPS) is 13.6. The lowest BCUT2D eigenvalue weighted by molar-refractivity contribution is -0.136. The van der Waals surface area contributed by atoms with Crippen LogP contribution in [0.2, 0.25) is 0 Å². The molecule has 0 saturated heterocycles. The van der Waals surface area contributed by atoms with Crippen LogP contribution in [0.5, 0.6) is 5.88 Å². The lowest BCUT2D eigenvalue weighted by Crippen LogP contribution is -2.16. The van der Waals surface area contributed by atoms with Crippen molar-refractivity contribution in [2.75, 3.05) is 7.11 Å². The van der Waals surface area contributed by atoms with Gasteiger partial charge < -0.3 is 10.5 Å². The third-order valence-corrected chi connectivity index (χ3v) is 2.07. The third kappa shape index (κ3) is 4.06. The van der Waals surface area contributed by atoms with E-state index in [2.05, 4.69) is 4.98 Å². The topological polar surface area (TPSA) is 48.1 Å². The van der Waals surface area contributed by atoms with E-state index >= 15 is 0 Å². The molecule has 0 aliphatic rings. The van der Waals surface area contributed by atoms with Gasteiger partial charge in [0.25, 0.3) is 0 Å². The Labute approximate surface area is 91.4 Å². The van der Waals surface area contributed by atoms with Crippen LogP contribution in [0.15, 0.2) is 18.2 Å². The molecule has 3 nitrogen and oxygen atoms in total. The SMILES string of the molecule is COc1cccc([C@H](N)CCC(F)(F)F)n1. The summed E-state index contributed by atoms with van der Waals surface area (Å²) in [5.74, 6) is 0.347. The van der Waals surface area contributed by atoms with Gasteiger partial charge in [0.05, 0.1) is 12.8 Å². The number of hydrogen-bond acceptors (Lipinski definition) is 3. The van der Waals surface area contributed by atoms with Crippen molar-refractivity contribution in [3.05, 3.63) is 23.9 Å². The van der Waals surface area contributed by atoms with E-state index in [1.54, 1.807) is 18.2 Å². The smallest absolute Gasteiger partial charge is 0.389 e. The van der Waals surface area contributed by atoms with Crippen LogP contribution in [0, 0.1) is 0 Å². The van der Waals surface area contributed by atoms with Crippen molar-refractivity contribution in [1.29, 1.82) is 0 Å². The molecule has 1 rings (SSSR count). The van der Waals surface area contributed by atoms with E-state index in [0.29, 0.717) is 11.6 Å². The number of ether oxygens (including phenoxy) is 1. The van der Waals surface area contributed by atoms with Crippen LogP contribution in [0.1, 0.15) is 24.6 Å². The van der Waals surface area contributed by atoms with E-state index in [-0.39, 0.29) is 6.42 Å². The minimum Gasteiger partial charge on any atom is -0.481 e. The van der Waals surface area contributed by atoms with Gasteiger partial charge in [-0.25, -0.2) is 4.98 Å². The molecule has 0 saturated carbocycles. The van der Waals surface area contributed by atoms with Crippen molar-refractivity contribution in [2.45, 2.75) is 25.1 Å². The molecule has 90 valence electrons. The summed E-state index contributed by atoms with van der Waals surface area (Å²) in [7, 11) is 1.44. The average Bonchev–Trinajstić information content (AvgIpc) is 2.25. The number of hydrogen-bond donors (Lipinski definition) is 1. The molecule has 0 radical (unpaired) electrons. The van der Waals surface area contributed by atoms with Crippen LogP contribution in [0.4, 0.5) is 13.2 Å². The van der Waals surface area contributed by atoms with Crippen LogP contribution < -0.4 is 10.5 Å². The monoisotopic (exact) mass is 234 g/mol. The fourth-order valence-corrected chi connectivity index (χ4v) is 1.22. The van der Waals surface area contributed by atoms with Crippen molar-refractivity contribution in [1.82, 2.24) is 4.98 Å². The van der Waals surface area contributed by atoms with Gasteiger partial charge in [-0.05, 0) is 12.5 Å². The largest absolute Gasteiger partial charge is 0.481 e. The lowest BCUT2D eigenvalue weighted by atomic mass is 10.1. The van der Waals surface area contributed by atoms with Crippen LogP contribution >= 0.6 is 0 Å². The summed E-state index contributed by atoms with van der Waals surface area (Å²) in [5, 5.41) is 0. The number of methoxy groups -OCH3 is 1. The number of halogens is 3. The minimum atomic E-state index is -4.18. The molecule has 1 heterocycles. The van der Waals surface area contributed by atoms with E-state index in [1.165, 1.54) is 7.11 Å². The summed E-state index contributed by atoms with van der Waals surface area (Å²) in [5.41, 5.74) is 6.01. The van der Waals surface area contributed by atoms with Crippen LogP contribution in [-0.4, -0.2) is 18.3 Å². The summed E-state index contributed by atoms with van der Waals surface area (Å²) in [6.45, 7) is 0. The molecule has 6 heteroatoms. The minimum absolute atomic E-state index is 0.177. The summed E-state index contributed by atoms with van der Waals surface area (Å²) in [6, 6.07) is 4.12. The number of alkyl halides is 3. The van der Waals surface area contributed by atoms with Crippen molar-refractivity contribution >= 4 is 0 Å². The van der Waals surface area contributed by atoms with Crippen LogP contribution in [0.25, 0.3) is 0 Å². The highest BCUT2D eigenvalue weighted by Gasteiger charge is 2.28. The van der Waals surface area contributed by atoms with Gasteiger partial charge in [0.2, 0.25) is 5.88 Å². The first-order chi connectivity index (χ1) is 7.42. The molecule has 16 heavy (non-hydrogen) atoms.